The van der Waals surface area contributed by atoms with Crippen molar-refractivity contribution in [2.24, 2.45) is 0 Å². The molecule has 22 heavy (non-hydrogen) atoms. The zero-order valence-electron chi connectivity index (χ0n) is 14.1. The quantitative estimate of drug-likeness (QED) is 0.393. The van der Waals surface area contributed by atoms with E-state index in [2.05, 4.69) is 6.92 Å². The van der Waals surface area contributed by atoms with Gasteiger partial charge in [-0.25, -0.2) is 0 Å². The second-order valence-electron chi connectivity index (χ2n) is 5.60. The molecule has 0 fully saturated rings. The SMILES string of the molecule is CCCCCCCCCC(=O)OC(CO)COC(=O)CCC. The van der Waals surface area contributed by atoms with E-state index in [1.54, 1.807) is 0 Å². The Balaban J connectivity index is 3.67. The summed E-state index contributed by atoms with van der Waals surface area (Å²) in [5.41, 5.74) is 0. The van der Waals surface area contributed by atoms with Gasteiger partial charge in [0, 0.05) is 12.8 Å². The molecule has 0 aliphatic heterocycles. The molecule has 0 saturated carbocycles. The average molecular weight is 316 g/mol. The van der Waals surface area contributed by atoms with Crippen LogP contribution in [0.5, 0.6) is 0 Å². The highest BCUT2D eigenvalue weighted by Gasteiger charge is 2.15. The molecule has 0 aliphatic rings. The largest absolute Gasteiger partial charge is 0.462 e. The number of unbranched alkanes of at least 4 members (excludes halogenated alkanes) is 6. The highest BCUT2D eigenvalue weighted by molar-refractivity contribution is 5.70. The lowest BCUT2D eigenvalue weighted by Gasteiger charge is -2.15. The van der Waals surface area contributed by atoms with E-state index in [4.69, 9.17) is 14.6 Å². The second-order valence-corrected chi connectivity index (χ2v) is 5.60. The molecule has 0 radical (unpaired) electrons. The van der Waals surface area contributed by atoms with Gasteiger partial charge in [0.25, 0.3) is 0 Å². The summed E-state index contributed by atoms with van der Waals surface area (Å²) in [5, 5.41) is 9.14. The Morgan fingerprint density at radius 2 is 1.50 bits per heavy atom. The van der Waals surface area contributed by atoms with E-state index in [0.717, 1.165) is 19.3 Å². The Morgan fingerprint density at radius 1 is 0.864 bits per heavy atom. The lowest BCUT2D eigenvalue weighted by atomic mass is 10.1. The van der Waals surface area contributed by atoms with E-state index in [9.17, 15) is 9.59 Å². The number of rotatable bonds is 14. The number of aliphatic hydroxyl groups is 1. The van der Waals surface area contributed by atoms with Crippen molar-refractivity contribution < 1.29 is 24.2 Å². The van der Waals surface area contributed by atoms with Crippen molar-refractivity contribution in [1.82, 2.24) is 0 Å². The molecule has 1 unspecified atom stereocenters. The van der Waals surface area contributed by atoms with Crippen molar-refractivity contribution in [3.05, 3.63) is 0 Å². The summed E-state index contributed by atoms with van der Waals surface area (Å²) in [6.45, 7) is 3.67. The summed E-state index contributed by atoms with van der Waals surface area (Å²) in [6.07, 6.45) is 8.61. The van der Waals surface area contributed by atoms with Gasteiger partial charge >= 0.3 is 11.9 Å². The lowest BCUT2D eigenvalue weighted by Crippen LogP contribution is -2.28. The maximum absolute atomic E-state index is 11.6. The molecule has 0 bridgehead atoms. The number of hydrogen-bond donors (Lipinski definition) is 1. The maximum atomic E-state index is 11.6. The summed E-state index contributed by atoms with van der Waals surface area (Å²) in [6, 6.07) is 0. The first-order chi connectivity index (χ1) is 10.6. The number of esters is 2. The Hall–Kier alpha value is -1.10. The van der Waals surface area contributed by atoms with Crippen LogP contribution in [-0.4, -0.2) is 36.4 Å². The molecule has 1 N–H and O–H groups in total. The van der Waals surface area contributed by atoms with Crippen LogP contribution < -0.4 is 0 Å². The Morgan fingerprint density at radius 3 is 2.09 bits per heavy atom. The first kappa shape index (κ1) is 20.9. The smallest absolute Gasteiger partial charge is 0.306 e. The lowest BCUT2D eigenvalue weighted by molar-refractivity contribution is -0.161. The van der Waals surface area contributed by atoms with Gasteiger partial charge in [0.1, 0.15) is 6.61 Å². The fourth-order valence-corrected chi connectivity index (χ4v) is 2.06. The summed E-state index contributed by atoms with van der Waals surface area (Å²) in [7, 11) is 0. The number of hydrogen-bond acceptors (Lipinski definition) is 5. The average Bonchev–Trinajstić information content (AvgIpc) is 2.50. The first-order valence-corrected chi connectivity index (χ1v) is 8.59. The standard InChI is InChI=1S/C17H32O5/c1-3-5-6-7-8-9-10-12-17(20)22-15(13-18)14-21-16(19)11-4-2/h15,18H,3-14H2,1-2H3. The topological polar surface area (TPSA) is 72.8 Å². The van der Waals surface area contributed by atoms with E-state index in [0.29, 0.717) is 19.3 Å². The molecule has 0 spiro atoms. The molecule has 0 aromatic heterocycles. The summed E-state index contributed by atoms with van der Waals surface area (Å²) in [4.78, 5) is 22.9. The van der Waals surface area contributed by atoms with Crippen molar-refractivity contribution in [2.45, 2.75) is 84.2 Å². The number of ether oxygens (including phenoxy) is 2. The molecule has 0 saturated heterocycles. The van der Waals surface area contributed by atoms with E-state index >= 15 is 0 Å². The van der Waals surface area contributed by atoms with E-state index in [1.807, 2.05) is 6.92 Å². The maximum Gasteiger partial charge on any atom is 0.306 e. The molecule has 0 rings (SSSR count). The first-order valence-electron chi connectivity index (χ1n) is 8.59. The highest BCUT2D eigenvalue weighted by Crippen LogP contribution is 2.09. The van der Waals surface area contributed by atoms with Crippen LogP contribution in [0.1, 0.15) is 78.1 Å². The molecule has 130 valence electrons. The monoisotopic (exact) mass is 316 g/mol. The van der Waals surface area contributed by atoms with Crippen LogP contribution in [0.15, 0.2) is 0 Å². The Kier molecular flexibility index (Phi) is 14.1. The highest BCUT2D eigenvalue weighted by atomic mass is 16.6. The van der Waals surface area contributed by atoms with Crippen LogP contribution in [0.2, 0.25) is 0 Å². The second kappa shape index (κ2) is 14.8. The normalized spacial score (nSPS) is 12.0. The third kappa shape index (κ3) is 12.6. The molecule has 5 heteroatoms. The zero-order chi connectivity index (χ0) is 16.6. The zero-order valence-corrected chi connectivity index (χ0v) is 14.1. The minimum Gasteiger partial charge on any atom is -0.462 e. The minimum atomic E-state index is -0.752. The van der Waals surface area contributed by atoms with Gasteiger partial charge < -0.3 is 14.6 Å². The molecule has 1 atom stereocenters. The molecule has 0 amide bonds. The predicted octanol–water partition coefficient (Wildman–Crippen LogP) is 3.37. The Bertz CT molecular complexity index is 291. The fourth-order valence-electron chi connectivity index (χ4n) is 2.06. The summed E-state index contributed by atoms with van der Waals surface area (Å²) < 4.78 is 10.0. The van der Waals surface area contributed by atoms with Gasteiger partial charge in [0.15, 0.2) is 6.10 Å². The minimum absolute atomic E-state index is 0.0713. The third-order valence-corrected chi connectivity index (χ3v) is 3.37. The fraction of sp³-hybridized carbons (Fsp3) is 0.882. The number of aliphatic hydroxyl groups excluding tert-OH is 1. The molecule has 5 nitrogen and oxygen atoms in total. The predicted molar refractivity (Wildman–Crippen MR) is 85.4 cm³/mol. The van der Waals surface area contributed by atoms with Gasteiger partial charge in [-0.1, -0.05) is 52.4 Å². The molecular formula is C17H32O5. The molecule has 0 aliphatic carbocycles. The van der Waals surface area contributed by atoms with Crippen LogP contribution in [-0.2, 0) is 19.1 Å². The summed E-state index contributed by atoms with van der Waals surface area (Å²) in [5.74, 6) is -0.664. The van der Waals surface area contributed by atoms with Gasteiger partial charge in [0.05, 0.1) is 6.61 Å². The van der Waals surface area contributed by atoms with Gasteiger partial charge in [-0.2, -0.15) is 0 Å². The van der Waals surface area contributed by atoms with Crippen molar-refractivity contribution in [1.29, 1.82) is 0 Å². The van der Waals surface area contributed by atoms with Gasteiger partial charge in [-0.05, 0) is 12.8 Å². The van der Waals surface area contributed by atoms with Crippen LogP contribution in [0.4, 0.5) is 0 Å². The molecule has 0 heterocycles. The Labute approximate surface area is 134 Å². The molecule has 0 aromatic carbocycles. The van der Waals surface area contributed by atoms with E-state index in [-0.39, 0.29) is 25.2 Å². The van der Waals surface area contributed by atoms with Crippen LogP contribution in [0.25, 0.3) is 0 Å². The van der Waals surface area contributed by atoms with Crippen LogP contribution in [0, 0.1) is 0 Å². The van der Waals surface area contributed by atoms with E-state index < -0.39 is 6.10 Å². The van der Waals surface area contributed by atoms with Crippen molar-refractivity contribution in [2.75, 3.05) is 13.2 Å². The summed E-state index contributed by atoms with van der Waals surface area (Å²) >= 11 is 0. The van der Waals surface area contributed by atoms with Crippen LogP contribution in [0.3, 0.4) is 0 Å². The van der Waals surface area contributed by atoms with Crippen molar-refractivity contribution >= 4 is 11.9 Å². The molecular weight excluding hydrogens is 284 g/mol. The van der Waals surface area contributed by atoms with Gasteiger partial charge in [-0.3, -0.25) is 9.59 Å². The molecule has 0 aromatic rings. The van der Waals surface area contributed by atoms with Crippen molar-refractivity contribution in [3.63, 3.8) is 0 Å². The van der Waals surface area contributed by atoms with Gasteiger partial charge in [-0.15, -0.1) is 0 Å². The number of carbonyl (C=O) groups is 2. The van der Waals surface area contributed by atoms with Gasteiger partial charge in [0.2, 0.25) is 0 Å². The third-order valence-electron chi connectivity index (χ3n) is 3.37. The van der Waals surface area contributed by atoms with Crippen LogP contribution >= 0.6 is 0 Å². The van der Waals surface area contributed by atoms with E-state index in [1.165, 1.54) is 25.7 Å². The van der Waals surface area contributed by atoms with Crippen molar-refractivity contribution in [3.8, 4) is 0 Å². The number of carbonyl (C=O) groups excluding carboxylic acids is 2.